The van der Waals surface area contributed by atoms with Gasteiger partial charge >= 0.3 is 0 Å². The predicted molar refractivity (Wildman–Crippen MR) is 273 cm³/mol. The first-order valence-electron chi connectivity index (χ1n) is 22.8. The zero-order valence-electron chi connectivity index (χ0n) is 36.5. The van der Waals surface area contributed by atoms with Gasteiger partial charge in [0, 0.05) is 38.7 Å². The van der Waals surface area contributed by atoms with Crippen LogP contribution in [0.15, 0.2) is 229 Å². The summed E-state index contributed by atoms with van der Waals surface area (Å²) in [5.41, 5.74) is 15.6. The monoisotopic (exact) mass is 836 g/mol. The van der Waals surface area contributed by atoms with Crippen molar-refractivity contribution in [2.45, 2.75) is 26.1 Å². The molecule has 12 rings (SSSR count). The van der Waals surface area contributed by atoms with Crippen molar-refractivity contribution in [3.05, 3.63) is 236 Å². The molecule has 312 valence electrons. The molecule has 0 saturated heterocycles. The number of benzene rings is 9. The third kappa shape index (κ3) is 6.72. The summed E-state index contributed by atoms with van der Waals surface area (Å²) in [5, 5.41) is 9.08. The number of hydrogen-bond donors (Lipinski definition) is 1. The highest BCUT2D eigenvalue weighted by Gasteiger charge is 2.36. The Morgan fingerprint density at radius 2 is 0.831 bits per heavy atom. The predicted octanol–water partition coefficient (Wildman–Crippen LogP) is 15.5. The molecule has 2 aromatic heterocycles. The standard InChI is InChI=1S/C61H48N4/c1-40-41(2)61(63-60(45-19-8-4-9-20-45)62-59(40)49-22-16-21-46(37-49)44-31-29-43(30-32-44)42-17-6-3-7-18-42)65-56-28-15-13-26-52(56)54-39-48(34-36-58(54)65)47-33-35-57-53(38-47)51-25-12-14-27-55(51)64(57)50-23-10-5-11-24-50/h3-41,59,61H,1-2H3,(H,62,63). The third-order valence-corrected chi connectivity index (χ3v) is 14.0. The van der Waals surface area contributed by atoms with Crippen LogP contribution in [-0.2, 0) is 0 Å². The van der Waals surface area contributed by atoms with E-state index in [0.717, 1.165) is 11.4 Å². The average molecular weight is 837 g/mol. The van der Waals surface area contributed by atoms with E-state index in [1.165, 1.54) is 88.2 Å². The van der Waals surface area contributed by atoms with Crippen LogP contribution >= 0.6 is 0 Å². The van der Waals surface area contributed by atoms with Crippen molar-refractivity contribution in [1.82, 2.24) is 14.5 Å². The molecule has 4 nitrogen and oxygen atoms in total. The van der Waals surface area contributed by atoms with E-state index in [-0.39, 0.29) is 24.0 Å². The smallest absolute Gasteiger partial charge is 0.130 e. The maximum atomic E-state index is 5.67. The van der Waals surface area contributed by atoms with E-state index in [9.17, 15) is 0 Å². The van der Waals surface area contributed by atoms with E-state index < -0.39 is 0 Å². The lowest BCUT2D eigenvalue weighted by atomic mass is 9.83. The highest BCUT2D eigenvalue weighted by atomic mass is 15.2. The Hall–Kier alpha value is -7.95. The molecule has 4 atom stereocenters. The van der Waals surface area contributed by atoms with Gasteiger partial charge in [-0.3, -0.25) is 4.99 Å². The Labute approximate surface area is 379 Å². The highest BCUT2D eigenvalue weighted by molar-refractivity contribution is 6.12. The third-order valence-electron chi connectivity index (χ3n) is 14.0. The average Bonchev–Trinajstić information content (AvgIpc) is 3.84. The molecule has 65 heavy (non-hydrogen) atoms. The number of para-hydroxylation sites is 3. The van der Waals surface area contributed by atoms with Gasteiger partial charge in [-0.2, -0.15) is 0 Å². The summed E-state index contributed by atoms with van der Waals surface area (Å²) in [6.45, 7) is 4.79. The van der Waals surface area contributed by atoms with E-state index in [1.54, 1.807) is 0 Å². The Kier molecular flexibility index (Phi) is 9.52. The molecular formula is C61H48N4. The fourth-order valence-electron chi connectivity index (χ4n) is 10.5. The van der Waals surface area contributed by atoms with Gasteiger partial charge in [0.1, 0.15) is 12.0 Å². The number of rotatable bonds is 7. The maximum absolute atomic E-state index is 5.67. The van der Waals surface area contributed by atoms with Gasteiger partial charge in [-0.25, -0.2) is 0 Å². The molecule has 0 radical (unpaired) electrons. The van der Waals surface area contributed by atoms with Crippen LogP contribution in [0.2, 0.25) is 0 Å². The van der Waals surface area contributed by atoms with Crippen LogP contribution in [0.25, 0.3) is 82.7 Å². The summed E-state index contributed by atoms with van der Waals surface area (Å²) in [6, 6.07) is 81.5. The summed E-state index contributed by atoms with van der Waals surface area (Å²) in [6.07, 6.45) is -0.0728. The van der Waals surface area contributed by atoms with E-state index >= 15 is 0 Å². The Morgan fingerprint density at radius 3 is 1.52 bits per heavy atom. The normalized spacial score (nSPS) is 17.6. The number of hydrogen-bond acceptors (Lipinski definition) is 2. The molecule has 3 heterocycles. The molecular weight excluding hydrogens is 789 g/mol. The van der Waals surface area contributed by atoms with Crippen LogP contribution < -0.4 is 5.32 Å². The number of amidine groups is 1. The highest BCUT2D eigenvalue weighted by Crippen LogP contribution is 2.44. The second-order valence-electron chi connectivity index (χ2n) is 17.7. The van der Waals surface area contributed by atoms with Gasteiger partial charge in [0.2, 0.25) is 0 Å². The van der Waals surface area contributed by atoms with Crippen LogP contribution in [0.3, 0.4) is 0 Å². The Morgan fingerprint density at radius 1 is 0.369 bits per heavy atom. The Balaban J connectivity index is 0.944. The van der Waals surface area contributed by atoms with Gasteiger partial charge in [0.05, 0.1) is 28.1 Å². The van der Waals surface area contributed by atoms with Crippen LogP contribution in [0, 0.1) is 11.8 Å². The van der Waals surface area contributed by atoms with Gasteiger partial charge in [-0.15, -0.1) is 0 Å². The van der Waals surface area contributed by atoms with Gasteiger partial charge in [0.15, 0.2) is 0 Å². The van der Waals surface area contributed by atoms with Crippen molar-refractivity contribution in [2.24, 2.45) is 16.8 Å². The Bertz CT molecular complexity index is 3550. The molecule has 0 spiro atoms. The first-order valence-corrected chi connectivity index (χ1v) is 22.8. The molecule has 1 aliphatic rings. The zero-order valence-corrected chi connectivity index (χ0v) is 36.5. The maximum Gasteiger partial charge on any atom is 0.130 e. The minimum absolute atomic E-state index is 0.0660. The lowest BCUT2D eigenvalue weighted by molar-refractivity contribution is 0.239. The summed E-state index contributed by atoms with van der Waals surface area (Å²) in [4.78, 5) is 5.67. The van der Waals surface area contributed by atoms with Crippen LogP contribution in [0.4, 0.5) is 0 Å². The molecule has 11 aromatic rings. The first kappa shape index (κ1) is 38.7. The van der Waals surface area contributed by atoms with E-state index in [4.69, 9.17) is 4.99 Å². The largest absolute Gasteiger partial charge is 0.349 e. The second kappa shape index (κ2) is 16.0. The number of nitrogens with one attached hydrogen (secondary N) is 1. The number of aromatic nitrogens is 2. The van der Waals surface area contributed by atoms with E-state index in [2.05, 4.69) is 253 Å². The molecule has 0 amide bonds. The number of nitrogens with zero attached hydrogens (tertiary/aromatic N) is 3. The van der Waals surface area contributed by atoms with Crippen molar-refractivity contribution in [3.8, 4) is 39.1 Å². The minimum atomic E-state index is -0.0728. The summed E-state index contributed by atoms with van der Waals surface area (Å²) < 4.78 is 4.93. The van der Waals surface area contributed by atoms with E-state index in [1.807, 2.05) is 0 Å². The quantitative estimate of drug-likeness (QED) is 0.170. The molecule has 0 fully saturated rings. The molecule has 0 aliphatic carbocycles. The lowest BCUT2D eigenvalue weighted by Crippen LogP contribution is -2.37. The minimum Gasteiger partial charge on any atom is -0.349 e. The lowest BCUT2D eigenvalue weighted by Gasteiger charge is -2.32. The van der Waals surface area contributed by atoms with Crippen molar-refractivity contribution < 1.29 is 0 Å². The van der Waals surface area contributed by atoms with Crippen molar-refractivity contribution >= 4 is 49.4 Å². The molecule has 1 N–H and O–H groups in total. The van der Waals surface area contributed by atoms with Crippen molar-refractivity contribution in [3.63, 3.8) is 0 Å². The SMILES string of the molecule is CC1C(c2cccc(-c3ccc(-c4ccccc4)cc3)c2)N=C(c2ccccc2)NC(n2c3ccccc3c3cc(-c4ccc5c(c4)c4ccccc4n5-c4ccccc4)ccc32)C1C. The fourth-order valence-corrected chi connectivity index (χ4v) is 10.5. The van der Waals surface area contributed by atoms with Crippen molar-refractivity contribution in [1.29, 1.82) is 0 Å². The van der Waals surface area contributed by atoms with Gasteiger partial charge in [0.25, 0.3) is 0 Å². The first-order chi connectivity index (χ1) is 32.1. The fraction of sp³-hybridized carbons (Fsp3) is 0.0984. The molecule has 1 aliphatic heterocycles. The van der Waals surface area contributed by atoms with Gasteiger partial charge in [-0.05, 0) is 99.5 Å². The molecule has 4 heteroatoms. The van der Waals surface area contributed by atoms with Gasteiger partial charge in [-0.1, -0.05) is 184 Å². The van der Waals surface area contributed by atoms with Gasteiger partial charge < -0.3 is 14.5 Å². The van der Waals surface area contributed by atoms with Crippen LogP contribution in [-0.4, -0.2) is 15.0 Å². The van der Waals surface area contributed by atoms with E-state index in [0.29, 0.717) is 0 Å². The molecule has 0 bridgehead atoms. The number of aliphatic imine (C=N–C) groups is 1. The summed E-state index contributed by atoms with van der Waals surface area (Å²) in [7, 11) is 0. The second-order valence-corrected chi connectivity index (χ2v) is 17.7. The topological polar surface area (TPSA) is 34.2 Å². The zero-order chi connectivity index (χ0) is 43.4. The van der Waals surface area contributed by atoms with Crippen LogP contribution in [0.1, 0.15) is 37.2 Å². The summed E-state index contributed by atoms with van der Waals surface area (Å²) in [5.74, 6) is 1.31. The van der Waals surface area contributed by atoms with Crippen molar-refractivity contribution in [2.75, 3.05) is 0 Å². The van der Waals surface area contributed by atoms with Crippen LogP contribution in [0.5, 0.6) is 0 Å². The molecule has 9 aromatic carbocycles. The number of fused-ring (bicyclic) bond motifs is 6. The summed E-state index contributed by atoms with van der Waals surface area (Å²) >= 11 is 0. The molecule has 0 saturated carbocycles. The molecule has 4 unspecified atom stereocenters.